The van der Waals surface area contributed by atoms with E-state index in [2.05, 4.69) is 141 Å². The lowest BCUT2D eigenvalue weighted by atomic mass is 9.37. The first-order valence-electron chi connectivity index (χ1n) is 23.4. The SMILES string of the molecule is CC1(C)[C@H]2CCC(c3ccc(-c4ccc5c(c4)c4cc(-c6ccc7oc8cccc(-c9nc(-c%10ccccc%10)nc(-c%10ccccc%10)n9)c8c7c6)ccc4n5-c4ccccc4)cc3)[C@]1(C)C2. The fourth-order valence-corrected chi connectivity index (χ4v) is 11.9. The van der Waals surface area contributed by atoms with Crippen molar-refractivity contribution in [3.63, 3.8) is 0 Å². The van der Waals surface area contributed by atoms with Crippen LogP contribution in [0.2, 0.25) is 0 Å². The topological polar surface area (TPSA) is 56.7 Å². The minimum atomic E-state index is 0.373. The van der Waals surface area contributed by atoms with Gasteiger partial charge in [-0.25, -0.2) is 15.0 Å². The third-order valence-corrected chi connectivity index (χ3v) is 15.9. The van der Waals surface area contributed by atoms with Crippen molar-refractivity contribution >= 4 is 43.7 Å². The van der Waals surface area contributed by atoms with E-state index in [1.54, 1.807) is 0 Å². The van der Waals surface area contributed by atoms with Crippen LogP contribution in [0.1, 0.15) is 51.5 Å². The van der Waals surface area contributed by atoms with E-state index in [4.69, 9.17) is 19.4 Å². The highest BCUT2D eigenvalue weighted by atomic mass is 16.3. The van der Waals surface area contributed by atoms with Gasteiger partial charge in [-0.15, -0.1) is 0 Å². The van der Waals surface area contributed by atoms with Crippen LogP contribution in [0.3, 0.4) is 0 Å². The van der Waals surface area contributed by atoms with Crippen molar-refractivity contribution in [1.82, 2.24) is 19.5 Å². The number of nitrogens with zero attached hydrogens (tertiary/aromatic N) is 4. The van der Waals surface area contributed by atoms with Crippen LogP contribution in [-0.2, 0) is 0 Å². The fraction of sp³-hybridized carbons (Fsp3) is 0.164. The van der Waals surface area contributed by atoms with Gasteiger partial charge in [-0.2, -0.15) is 0 Å². The van der Waals surface area contributed by atoms with Crippen LogP contribution in [0.5, 0.6) is 0 Å². The van der Waals surface area contributed by atoms with Crippen molar-refractivity contribution in [3.05, 3.63) is 194 Å². The molecule has 14 rings (SSSR count). The van der Waals surface area contributed by atoms with Gasteiger partial charge in [0.2, 0.25) is 0 Å². The summed E-state index contributed by atoms with van der Waals surface area (Å²) in [6.45, 7) is 7.55. The maximum Gasteiger partial charge on any atom is 0.164 e. The Bertz CT molecular complexity index is 3610. The van der Waals surface area contributed by atoms with Gasteiger partial charge in [0.25, 0.3) is 0 Å². The van der Waals surface area contributed by atoms with E-state index in [1.165, 1.54) is 57.8 Å². The largest absolute Gasteiger partial charge is 0.456 e. The first-order chi connectivity index (χ1) is 32.3. The van der Waals surface area contributed by atoms with Crippen molar-refractivity contribution in [2.75, 3.05) is 0 Å². The number of para-hydroxylation sites is 1. The van der Waals surface area contributed by atoms with E-state index < -0.39 is 0 Å². The average Bonchev–Trinajstić information content (AvgIpc) is 3.92. The summed E-state index contributed by atoms with van der Waals surface area (Å²) in [6, 6.07) is 67.1. The predicted molar refractivity (Wildman–Crippen MR) is 271 cm³/mol. The average molecular weight is 853 g/mol. The van der Waals surface area contributed by atoms with E-state index in [0.717, 1.165) is 61.4 Å². The number of hydrogen-bond donors (Lipinski definition) is 0. The van der Waals surface area contributed by atoms with Gasteiger partial charge in [-0.05, 0) is 124 Å². The Hall–Kier alpha value is -7.63. The molecule has 3 aliphatic rings. The van der Waals surface area contributed by atoms with E-state index in [-0.39, 0.29) is 0 Å². The van der Waals surface area contributed by atoms with Crippen molar-refractivity contribution in [2.45, 2.75) is 46.0 Å². The molecule has 5 nitrogen and oxygen atoms in total. The molecule has 0 spiro atoms. The van der Waals surface area contributed by atoms with Crippen molar-refractivity contribution < 1.29 is 4.42 Å². The smallest absolute Gasteiger partial charge is 0.164 e. The fourth-order valence-electron chi connectivity index (χ4n) is 11.9. The molecule has 5 heteroatoms. The van der Waals surface area contributed by atoms with Crippen LogP contribution < -0.4 is 0 Å². The van der Waals surface area contributed by atoms with E-state index >= 15 is 0 Å². The molecule has 318 valence electrons. The van der Waals surface area contributed by atoms with Gasteiger partial charge >= 0.3 is 0 Å². The summed E-state index contributed by atoms with van der Waals surface area (Å²) in [5.41, 5.74) is 14.9. The number of aromatic nitrogens is 4. The van der Waals surface area contributed by atoms with E-state index in [1.807, 2.05) is 72.8 Å². The molecular weight excluding hydrogens is 805 g/mol. The van der Waals surface area contributed by atoms with Gasteiger partial charge in [-0.1, -0.05) is 154 Å². The number of hydrogen-bond acceptors (Lipinski definition) is 4. The van der Waals surface area contributed by atoms with Crippen LogP contribution in [0, 0.1) is 16.7 Å². The van der Waals surface area contributed by atoms with Crippen LogP contribution in [-0.4, -0.2) is 19.5 Å². The van der Waals surface area contributed by atoms with Gasteiger partial charge in [-0.3, -0.25) is 0 Å². The summed E-state index contributed by atoms with van der Waals surface area (Å²) in [7, 11) is 0. The molecule has 3 saturated carbocycles. The molecule has 0 aliphatic heterocycles. The molecule has 66 heavy (non-hydrogen) atoms. The van der Waals surface area contributed by atoms with Crippen LogP contribution >= 0.6 is 0 Å². The second kappa shape index (κ2) is 14.7. The zero-order valence-corrected chi connectivity index (χ0v) is 37.4. The molecule has 0 amide bonds. The molecule has 0 radical (unpaired) electrons. The summed E-state index contributed by atoms with van der Waals surface area (Å²) in [4.78, 5) is 15.2. The second-order valence-corrected chi connectivity index (χ2v) is 19.5. The number of benzene rings is 8. The highest BCUT2D eigenvalue weighted by molar-refractivity contribution is 6.14. The van der Waals surface area contributed by atoms with Crippen molar-refractivity contribution in [1.29, 1.82) is 0 Å². The molecule has 0 saturated heterocycles. The minimum absolute atomic E-state index is 0.373. The summed E-state index contributed by atoms with van der Waals surface area (Å²) in [5.74, 6) is 3.35. The number of furan rings is 1. The van der Waals surface area contributed by atoms with Gasteiger partial charge in [0.1, 0.15) is 11.2 Å². The Balaban J connectivity index is 0.934. The monoisotopic (exact) mass is 852 g/mol. The Morgan fingerprint density at radius 3 is 1.64 bits per heavy atom. The third kappa shape index (κ3) is 5.95. The Morgan fingerprint density at radius 2 is 1.02 bits per heavy atom. The highest BCUT2D eigenvalue weighted by Crippen LogP contribution is 2.72. The van der Waals surface area contributed by atoms with Crippen LogP contribution in [0.4, 0.5) is 0 Å². The van der Waals surface area contributed by atoms with Crippen molar-refractivity contribution in [3.8, 4) is 62.1 Å². The maximum absolute atomic E-state index is 6.56. The first-order valence-corrected chi connectivity index (χ1v) is 23.4. The van der Waals surface area contributed by atoms with Crippen LogP contribution in [0.25, 0.3) is 106 Å². The molecule has 3 aromatic heterocycles. The first kappa shape index (κ1) is 38.8. The standard InChI is InChI=1S/C61H48N4O/c1-60(2)45-29-30-51(61(60,3)37-45)39-24-22-38(23-25-39)42-26-31-52-48(34-42)49-35-43(27-32-53(49)65(52)46-18-11-6-12-19-46)44-28-33-54-50(36-44)56-47(20-13-21-55(56)66-54)59-63-57(40-14-7-4-8-15-40)62-58(64-59)41-16-9-5-10-17-41/h4-28,31-36,45,51H,29-30,37H2,1-3H3/t45-,51?,61-/m0/s1. The summed E-state index contributed by atoms with van der Waals surface area (Å²) in [5, 5.41) is 4.44. The normalized spacial score (nSPS) is 18.8. The van der Waals surface area contributed by atoms with Crippen LogP contribution in [0.15, 0.2) is 192 Å². The zero-order valence-electron chi connectivity index (χ0n) is 37.4. The highest BCUT2D eigenvalue weighted by Gasteiger charge is 2.62. The lowest BCUT2D eigenvalue weighted by Crippen LogP contribution is -2.59. The minimum Gasteiger partial charge on any atom is -0.456 e. The lowest BCUT2D eigenvalue weighted by molar-refractivity contribution is -0.163. The number of fused-ring (bicyclic) bond motifs is 8. The van der Waals surface area contributed by atoms with E-state index in [0.29, 0.717) is 34.2 Å². The predicted octanol–water partition coefficient (Wildman–Crippen LogP) is 16.1. The summed E-state index contributed by atoms with van der Waals surface area (Å²) >= 11 is 0. The molecule has 1 unspecified atom stereocenters. The lowest BCUT2D eigenvalue weighted by Gasteiger charge is -2.68. The van der Waals surface area contributed by atoms with Gasteiger partial charge in [0, 0.05) is 43.9 Å². The van der Waals surface area contributed by atoms with E-state index in [9.17, 15) is 0 Å². The molecule has 3 atom stereocenters. The molecular formula is C61H48N4O. The summed E-state index contributed by atoms with van der Waals surface area (Å²) < 4.78 is 8.96. The molecule has 3 fully saturated rings. The molecule has 11 aromatic rings. The Kier molecular flexibility index (Phi) is 8.64. The molecule has 3 heterocycles. The van der Waals surface area contributed by atoms with Gasteiger partial charge in [0.05, 0.1) is 11.0 Å². The van der Waals surface area contributed by atoms with Crippen molar-refractivity contribution in [2.24, 2.45) is 16.7 Å². The maximum atomic E-state index is 6.56. The summed E-state index contributed by atoms with van der Waals surface area (Å²) in [6.07, 6.45) is 4.00. The zero-order chi connectivity index (χ0) is 44.1. The molecule has 3 aliphatic carbocycles. The molecule has 2 bridgehead atoms. The molecule has 0 N–H and O–H groups in total. The van der Waals surface area contributed by atoms with Gasteiger partial charge in [0.15, 0.2) is 17.5 Å². The van der Waals surface area contributed by atoms with Gasteiger partial charge < -0.3 is 8.98 Å². The Morgan fingerprint density at radius 1 is 0.470 bits per heavy atom. The third-order valence-electron chi connectivity index (χ3n) is 15.9. The second-order valence-electron chi connectivity index (χ2n) is 19.5. The quantitative estimate of drug-likeness (QED) is 0.160. The molecule has 8 aromatic carbocycles. The Labute approximate surface area is 384 Å². The number of rotatable bonds is 7.